The van der Waals surface area contributed by atoms with Crippen molar-refractivity contribution in [3.63, 3.8) is 0 Å². The third-order valence-corrected chi connectivity index (χ3v) is 2.86. The van der Waals surface area contributed by atoms with Gasteiger partial charge in [-0.3, -0.25) is 9.78 Å². The molecule has 1 amide bonds. The van der Waals surface area contributed by atoms with E-state index >= 15 is 0 Å². The van der Waals surface area contributed by atoms with Crippen LogP contribution in [-0.4, -0.2) is 10.9 Å². The minimum atomic E-state index is -0.232. The van der Waals surface area contributed by atoms with Crippen molar-refractivity contribution in [3.05, 3.63) is 58.9 Å². The molecule has 0 saturated carbocycles. The van der Waals surface area contributed by atoms with Crippen molar-refractivity contribution < 1.29 is 4.79 Å². The lowest BCUT2D eigenvalue weighted by Gasteiger charge is -2.08. The number of rotatable bonds is 3. The number of hydrogen-bond donors (Lipinski definition) is 2. The highest BCUT2D eigenvalue weighted by Crippen LogP contribution is 2.10. The Morgan fingerprint density at radius 2 is 2.25 bits per heavy atom. The summed E-state index contributed by atoms with van der Waals surface area (Å²) >= 11 is 0. The van der Waals surface area contributed by atoms with Gasteiger partial charge in [-0.2, -0.15) is 5.26 Å². The van der Waals surface area contributed by atoms with E-state index in [4.69, 9.17) is 11.0 Å². The number of aryl methyl sites for hydroxylation is 1. The quantitative estimate of drug-likeness (QED) is 0.885. The van der Waals surface area contributed by atoms with Crippen LogP contribution in [0.4, 0.5) is 5.69 Å². The van der Waals surface area contributed by atoms with Crippen LogP contribution in [0.5, 0.6) is 0 Å². The van der Waals surface area contributed by atoms with Gasteiger partial charge in [0.25, 0.3) is 5.91 Å². The largest absolute Gasteiger partial charge is 0.397 e. The van der Waals surface area contributed by atoms with Gasteiger partial charge in [-0.15, -0.1) is 0 Å². The maximum Gasteiger partial charge on any atom is 0.253 e. The highest BCUT2D eigenvalue weighted by Gasteiger charge is 2.10. The lowest BCUT2D eigenvalue weighted by molar-refractivity contribution is 0.0950. The van der Waals surface area contributed by atoms with Crippen molar-refractivity contribution in [2.75, 3.05) is 5.73 Å². The zero-order chi connectivity index (χ0) is 14.5. The van der Waals surface area contributed by atoms with E-state index in [0.717, 1.165) is 5.56 Å². The molecule has 0 aliphatic heterocycles. The van der Waals surface area contributed by atoms with Gasteiger partial charge in [-0.25, -0.2) is 0 Å². The first-order valence-corrected chi connectivity index (χ1v) is 6.09. The predicted octanol–water partition coefficient (Wildman–Crippen LogP) is 1.77. The van der Waals surface area contributed by atoms with Crippen LogP contribution >= 0.6 is 0 Å². The molecule has 0 saturated heterocycles. The number of carbonyl (C=O) groups is 1. The number of nitriles is 1. The molecule has 0 unspecified atom stereocenters. The third-order valence-electron chi connectivity index (χ3n) is 2.86. The maximum absolute atomic E-state index is 12.1. The fraction of sp³-hybridized carbons (Fsp3) is 0.133. The number of aromatic nitrogens is 1. The highest BCUT2D eigenvalue weighted by atomic mass is 16.1. The van der Waals surface area contributed by atoms with Gasteiger partial charge in [0, 0.05) is 6.54 Å². The molecule has 5 nitrogen and oxygen atoms in total. The van der Waals surface area contributed by atoms with E-state index in [1.54, 1.807) is 31.2 Å². The van der Waals surface area contributed by atoms with Crippen LogP contribution in [0.1, 0.15) is 27.2 Å². The Morgan fingerprint density at radius 1 is 1.45 bits per heavy atom. The van der Waals surface area contributed by atoms with Crippen LogP contribution in [0.15, 0.2) is 36.5 Å². The van der Waals surface area contributed by atoms with Crippen LogP contribution in [0.2, 0.25) is 0 Å². The summed E-state index contributed by atoms with van der Waals surface area (Å²) in [6.45, 7) is 2.10. The molecule has 0 radical (unpaired) electrons. The van der Waals surface area contributed by atoms with E-state index < -0.39 is 0 Å². The van der Waals surface area contributed by atoms with Gasteiger partial charge in [0.15, 0.2) is 0 Å². The summed E-state index contributed by atoms with van der Waals surface area (Å²) in [5.74, 6) is -0.232. The molecule has 0 spiro atoms. The lowest BCUT2D eigenvalue weighted by Crippen LogP contribution is -2.24. The maximum atomic E-state index is 12.1. The fourth-order valence-corrected chi connectivity index (χ4v) is 1.81. The van der Waals surface area contributed by atoms with E-state index in [1.165, 1.54) is 6.20 Å². The second-order valence-electron chi connectivity index (χ2n) is 4.40. The number of hydrogen-bond acceptors (Lipinski definition) is 4. The van der Waals surface area contributed by atoms with Crippen LogP contribution in [0.25, 0.3) is 0 Å². The summed E-state index contributed by atoms with van der Waals surface area (Å²) < 4.78 is 0. The van der Waals surface area contributed by atoms with E-state index in [2.05, 4.69) is 16.4 Å². The minimum Gasteiger partial charge on any atom is -0.397 e. The van der Waals surface area contributed by atoms with E-state index in [-0.39, 0.29) is 5.91 Å². The lowest BCUT2D eigenvalue weighted by atomic mass is 10.1. The SMILES string of the molecule is Cc1ncc(N)cc1C(=O)NCc1cccc(C#N)c1. The van der Waals surface area contributed by atoms with Crippen LogP contribution in [-0.2, 0) is 6.54 Å². The van der Waals surface area contributed by atoms with E-state index in [0.29, 0.717) is 29.1 Å². The average molecular weight is 266 g/mol. The molecule has 20 heavy (non-hydrogen) atoms. The minimum absolute atomic E-state index is 0.232. The Balaban J connectivity index is 2.09. The Bertz CT molecular complexity index is 689. The van der Waals surface area contributed by atoms with Gasteiger partial charge in [0.2, 0.25) is 0 Å². The Kier molecular flexibility index (Phi) is 3.96. The normalized spacial score (nSPS) is 9.80. The Morgan fingerprint density at radius 3 is 3.00 bits per heavy atom. The van der Waals surface area contributed by atoms with Crippen molar-refractivity contribution in [3.8, 4) is 6.07 Å². The number of nitrogens with two attached hydrogens (primary N) is 1. The fourth-order valence-electron chi connectivity index (χ4n) is 1.81. The molecule has 0 aliphatic carbocycles. The molecule has 0 fully saturated rings. The molecule has 5 heteroatoms. The molecule has 0 bridgehead atoms. The second kappa shape index (κ2) is 5.85. The molecular formula is C15H14N4O. The first kappa shape index (κ1) is 13.6. The summed E-state index contributed by atoms with van der Waals surface area (Å²) in [6.07, 6.45) is 1.52. The molecule has 3 N–H and O–H groups in total. The third kappa shape index (κ3) is 3.12. The zero-order valence-electron chi connectivity index (χ0n) is 11.1. The van der Waals surface area contributed by atoms with Crippen molar-refractivity contribution in [2.24, 2.45) is 0 Å². The van der Waals surface area contributed by atoms with Gasteiger partial charge < -0.3 is 11.1 Å². The van der Waals surface area contributed by atoms with Crippen molar-refractivity contribution >= 4 is 11.6 Å². The molecule has 1 aromatic heterocycles. The molecule has 2 aromatic rings. The molecule has 1 aromatic carbocycles. The number of nitrogen functional groups attached to an aromatic ring is 1. The van der Waals surface area contributed by atoms with E-state index in [1.807, 2.05) is 6.07 Å². The first-order chi connectivity index (χ1) is 9.60. The number of carbonyl (C=O) groups excluding carboxylic acids is 1. The van der Waals surface area contributed by atoms with Crippen LogP contribution < -0.4 is 11.1 Å². The topological polar surface area (TPSA) is 91.8 Å². The first-order valence-electron chi connectivity index (χ1n) is 6.09. The van der Waals surface area contributed by atoms with Gasteiger partial charge >= 0.3 is 0 Å². The Hall–Kier alpha value is -2.87. The summed E-state index contributed by atoms with van der Waals surface area (Å²) in [5.41, 5.74) is 8.61. The number of nitrogens with one attached hydrogen (secondary N) is 1. The van der Waals surface area contributed by atoms with E-state index in [9.17, 15) is 4.79 Å². The molecule has 1 heterocycles. The molecular weight excluding hydrogens is 252 g/mol. The Labute approximate surface area is 117 Å². The molecule has 0 atom stereocenters. The smallest absolute Gasteiger partial charge is 0.253 e. The average Bonchev–Trinajstić information content (AvgIpc) is 2.47. The standard InChI is InChI=1S/C15H14N4O/c1-10-14(6-13(17)9-18-10)15(20)19-8-12-4-2-3-11(5-12)7-16/h2-6,9H,8,17H2,1H3,(H,19,20). The summed E-state index contributed by atoms with van der Waals surface area (Å²) in [5, 5.41) is 11.6. The monoisotopic (exact) mass is 266 g/mol. The number of amides is 1. The van der Waals surface area contributed by atoms with Gasteiger partial charge in [0.05, 0.1) is 34.8 Å². The van der Waals surface area contributed by atoms with Crippen molar-refractivity contribution in [1.82, 2.24) is 10.3 Å². The number of pyridine rings is 1. The number of nitrogens with zero attached hydrogens (tertiary/aromatic N) is 2. The zero-order valence-corrected chi connectivity index (χ0v) is 11.1. The number of benzene rings is 1. The van der Waals surface area contributed by atoms with Crippen LogP contribution in [0, 0.1) is 18.3 Å². The molecule has 0 aliphatic rings. The number of anilines is 1. The van der Waals surface area contributed by atoms with Gasteiger partial charge in [-0.1, -0.05) is 12.1 Å². The molecule has 100 valence electrons. The summed E-state index contributed by atoms with van der Waals surface area (Å²) in [6, 6.07) is 10.8. The van der Waals surface area contributed by atoms with Crippen LogP contribution in [0.3, 0.4) is 0 Å². The summed E-state index contributed by atoms with van der Waals surface area (Å²) in [4.78, 5) is 16.1. The van der Waals surface area contributed by atoms with Gasteiger partial charge in [0.1, 0.15) is 0 Å². The summed E-state index contributed by atoms with van der Waals surface area (Å²) in [7, 11) is 0. The second-order valence-corrected chi connectivity index (χ2v) is 4.40. The highest BCUT2D eigenvalue weighted by molar-refractivity contribution is 5.95. The predicted molar refractivity (Wildman–Crippen MR) is 75.7 cm³/mol. The van der Waals surface area contributed by atoms with Crippen molar-refractivity contribution in [1.29, 1.82) is 5.26 Å². The van der Waals surface area contributed by atoms with Gasteiger partial charge in [-0.05, 0) is 30.7 Å². The molecule has 2 rings (SSSR count). The van der Waals surface area contributed by atoms with Crippen molar-refractivity contribution in [2.45, 2.75) is 13.5 Å².